The second-order valence-electron chi connectivity index (χ2n) is 4.80. The summed E-state index contributed by atoms with van der Waals surface area (Å²) in [5.74, 6) is -0.0466. The molecule has 1 aliphatic carbocycles. The van der Waals surface area contributed by atoms with Crippen LogP contribution in [0.5, 0.6) is 0 Å². The van der Waals surface area contributed by atoms with Crippen LogP contribution in [0.2, 0.25) is 0 Å². The van der Waals surface area contributed by atoms with E-state index in [0.717, 1.165) is 19.3 Å². The molecule has 1 rings (SSSR count). The van der Waals surface area contributed by atoms with E-state index in [1.54, 1.807) is 0 Å². The van der Waals surface area contributed by atoms with Gasteiger partial charge in [-0.3, -0.25) is 4.79 Å². The van der Waals surface area contributed by atoms with Gasteiger partial charge < -0.3 is 10.5 Å². The molecule has 2 N–H and O–H groups in total. The zero-order chi connectivity index (χ0) is 10.1. The molecule has 3 nitrogen and oxygen atoms in total. The van der Waals surface area contributed by atoms with E-state index >= 15 is 0 Å². The van der Waals surface area contributed by atoms with Gasteiger partial charge in [0.25, 0.3) is 0 Å². The lowest BCUT2D eigenvalue weighted by Gasteiger charge is -2.21. The van der Waals surface area contributed by atoms with Crippen LogP contribution in [-0.2, 0) is 9.53 Å². The van der Waals surface area contributed by atoms with Gasteiger partial charge in [0.05, 0.1) is 5.92 Å². The molecule has 0 radical (unpaired) electrons. The minimum atomic E-state index is -0.371. The highest BCUT2D eigenvalue weighted by atomic mass is 16.6. The van der Waals surface area contributed by atoms with E-state index in [4.69, 9.17) is 10.5 Å². The van der Waals surface area contributed by atoms with Crippen molar-refractivity contribution in [2.75, 3.05) is 0 Å². The molecule has 0 spiro atoms. The molecule has 0 heterocycles. The Labute approximate surface area is 79.6 Å². The number of esters is 1. The number of hydrogen-bond acceptors (Lipinski definition) is 3. The number of hydrogen-bond donors (Lipinski definition) is 1. The molecule has 1 fully saturated rings. The van der Waals surface area contributed by atoms with E-state index in [-0.39, 0.29) is 23.5 Å². The van der Waals surface area contributed by atoms with Crippen LogP contribution in [0, 0.1) is 5.92 Å². The minimum Gasteiger partial charge on any atom is -0.460 e. The Balaban J connectivity index is 2.41. The Kier molecular flexibility index (Phi) is 2.96. The Morgan fingerprint density at radius 1 is 1.38 bits per heavy atom. The average molecular weight is 185 g/mol. The summed E-state index contributed by atoms with van der Waals surface area (Å²) in [6.07, 6.45) is 2.62. The fourth-order valence-corrected chi connectivity index (χ4v) is 1.62. The first-order chi connectivity index (χ1) is 5.88. The third-order valence-electron chi connectivity index (χ3n) is 2.21. The summed E-state index contributed by atoms with van der Waals surface area (Å²) in [5.41, 5.74) is 5.35. The molecule has 76 valence electrons. The topological polar surface area (TPSA) is 52.3 Å². The monoisotopic (exact) mass is 185 g/mol. The lowest BCUT2D eigenvalue weighted by molar-refractivity contribution is -0.159. The van der Waals surface area contributed by atoms with Gasteiger partial charge >= 0.3 is 5.97 Å². The summed E-state index contributed by atoms with van der Waals surface area (Å²) in [6, 6.07) is 0.192. The van der Waals surface area contributed by atoms with Crippen molar-refractivity contribution in [3.63, 3.8) is 0 Å². The van der Waals surface area contributed by atoms with Crippen LogP contribution in [-0.4, -0.2) is 17.6 Å². The van der Waals surface area contributed by atoms with Crippen LogP contribution in [0.15, 0.2) is 0 Å². The van der Waals surface area contributed by atoms with Crippen molar-refractivity contribution in [3.05, 3.63) is 0 Å². The second-order valence-corrected chi connectivity index (χ2v) is 4.80. The minimum absolute atomic E-state index is 0.0363. The van der Waals surface area contributed by atoms with Crippen LogP contribution in [0.25, 0.3) is 0 Å². The molecule has 0 aromatic rings. The van der Waals surface area contributed by atoms with Crippen LogP contribution >= 0.6 is 0 Å². The van der Waals surface area contributed by atoms with Crippen molar-refractivity contribution in [1.82, 2.24) is 0 Å². The number of carbonyl (C=O) groups excluding carboxylic acids is 1. The summed E-state index contributed by atoms with van der Waals surface area (Å²) in [5, 5.41) is 0. The van der Waals surface area contributed by atoms with Gasteiger partial charge in [0.1, 0.15) is 5.60 Å². The predicted molar refractivity (Wildman–Crippen MR) is 51.2 cm³/mol. The van der Waals surface area contributed by atoms with Crippen molar-refractivity contribution in [1.29, 1.82) is 0 Å². The number of ether oxygens (including phenoxy) is 1. The molecule has 1 unspecified atom stereocenters. The van der Waals surface area contributed by atoms with Gasteiger partial charge in [0.2, 0.25) is 0 Å². The van der Waals surface area contributed by atoms with Crippen LogP contribution in [0.3, 0.4) is 0 Å². The molecule has 0 saturated heterocycles. The molecule has 13 heavy (non-hydrogen) atoms. The van der Waals surface area contributed by atoms with E-state index < -0.39 is 0 Å². The van der Waals surface area contributed by atoms with Gasteiger partial charge in [-0.15, -0.1) is 0 Å². The molecule has 0 bridgehead atoms. The van der Waals surface area contributed by atoms with Crippen molar-refractivity contribution < 1.29 is 9.53 Å². The zero-order valence-electron chi connectivity index (χ0n) is 8.67. The Morgan fingerprint density at radius 3 is 2.38 bits per heavy atom. The molecule has 1 aliphatic rings. The second kappa shape index (κ2) is 3.66. The van der Waals surface area contributed by atoms with Gasteiger partial charge in [0, 0.05) is 6.04 Å². The summed E-state index contributed by atoms with van der Waals surface area (Å²) >= 11 is 0. The van der Waals surface area contributed by atoms with Crippen LogP contribution < -0.4 is 5.73 Å². The summed E-state index contributed by atoms with van der Waals surface area (Å²) in [4.78, 5) is 11.5. The van der Waals surface area contributed by atoms with Gasteiger partial charge in [-0.25, -0.2) is 0 Å². The van der Waals surface area contributed by atoms with Crippen molar-refractivity contribution >= 4 is 5.97 Å². The van der Waals surface area contributed by atoms with Crippen LogP contribution in [0.1, 0.15) is 40.0 Å². The lowest BCUT2D eigenvalue weighted by Crippen LogP contribution is -2.28. The molecule has 2 atom stereocenters. The standard InChI is InChI=1S/C10H19NO2/c1-10(2,3)13-9(12)7-4-5-8(11)6-7/h7-8H,4-6,11H2,1-3H3/t7?,8-/m1/s1. The maximum atomic E-state index is 11.5. The van der Waals surface area contributed by atoms with E-state index in [1.165, 1.54) is 0 Å². The molecule has 0 aliphatic heterocycles. The van der Waals surface area contributed by atoms with E-state index in [0.29, 0.717) is 0 Å². The number of rotatable bonds is 1. The van der Waals surface area contributed by atoms with Crippen molar-refractivity contribution in [2.24, 2.45) is 11.7 Å². The Bertz CT molecular complexity index is 196. The third-order valence-corrected chi connectivity index (χ3v) is 2.21. The first-order valence-electron chi connectivity index (χ1n) is 4.87. The molecular weight excluding hydrogens is 166 g/mol. The molecule has 0 aromatic carbocycles. The SMILES string of the molecule is CC(C)(C)OC(=O)C1CC[C@@H](N)C1. The Morgan fingerprint density at radius 2 is 2.00 bits per heavy atom. The summed E-state index contributed by atoms with van der Waals surface area (Å²) in [6.45, 7) is 5.67. The zero-order valence-corrected chi connectivity index (χ0v) is 8.67. The van der Waals surface area contributed by atoms with Gasteiger partial charge in [-0.1, -0.05) is 0 Å². The first-order valence-corrected chi connectivity index (χ1v) is 4.87. The van der Waals surface area contributed by atoms with E-state index in [9.17, 15) is 4.79 Å². The molecule has 1 saturated carbocycles. The fourth-order valence-electron chi connectivity index (χ4n) is 1.62. The highest BCUT2D eigenvalue weighted by molar-refractivity contribution is 5.73. The molecule has 0 aromatic heterocycles. The van der Waals surface area contributed by atoms with Gasteiger partial charge in [-0.05, 0) is 40.0 Å². The van der Waals surface area contributed by atoms with E-state index in [2.05, 4.69) is 0 Å². The quantitative estimate of drug-likeness (QED) is 0.629. The highest BCUT2D eigenvalue weighted by Crippen LogP contribution is 2.26. The highest BCUT2D eigenvalue weighted by Gasteiger charge is 2.31. The van der Waals surface area contributed by atoms with Gasteiger partial charge in [-0.2, -0.15) is 0 Å². The predicted octanol–water partition coefficient (Wildman–Crippen LogP) is 1.46. The maximum Gasteiger partial charge on any atom is 0.309 e. The molecular formula is C10H19NO2. The Hall–Kier alpha value is -0.570. The van der Waals surface area contributed by atoms with Crippen molar-refractivity contribution in [2.45, 2.75) is 51.7 Å². The summed E-state index contributed by atoms with van der Waals surface area (Å²) < 4.78 is 5.28. The fraction of sp³-hybridized carbons (Fsp3) is 0.900. The van der Waals surface area contributed by atoms with E-state index in [1.807, 2.05) is 20.8 Å². The van der Waals surface area contributed by atoms with Crippen LogP contribution in [0.4, 0.5) is 0 Å². The third kappa shape index (κ3) is 3.35. The van der Waals surface area contributed by atoms with Crippen molar-refractivity contribution in [3.8, 4) is 0 Å². The first kappa shape index (κ1) is 10.5. The lowest BCUT2D eigenvalue weighted by atomic mass is 10.1. The summed E-state index contributed by atoms with van der Waals surface area (Å²) in [7, 11) is 0. The molecule has 3 heteroatoms. The maximum absolute atomic E-state index is 11.5. The number of carbonyl (C=O) groups is 1. The molecule has 0 amide bonds. The normalized spacial score (nSPS) is 28.9. The largest absolute Gasteiger partial charge is 0.460 e. The smallest absolute Gasteiger partial charge is 0.309 e. The number of nitrogens with two attached hydrogens (primary N) is 1. The average Bonchev–Trinajstić information content (AvgIpc) is 2.31. The van der Waals surface area contributed by atoms with Gasteiger partial charge in [0.15, 0.2) is 0 Å².